The Kier molecular flexibility index (Phi) is 8.05. The van der Waals surface area contributed by atoms with Crippen LogP contribution in [0.5, 0.6) is 11.5 Å². The maximum absolute atomic E-state index is 14.6. The van der Waals surface area contributed by atoms with Crippen molar-refractivity contribution in [2.24, 2.45) is 0 Å². The fourth-order valence-electron chi connectivity index (χ4n) is 3.53. The molecule has 0 aliphatic rings. The van der Waals surface area contributed by atoms with E-state index in [4.69, 9.17) is 9.47 Å². The Labute approximate surface area is 215 Å². The summed E-state index contributed by atoms with van der Waals surface area (Å²) in [4.78, 5) is 12.8. The average molecular weight is 521 g/mol. The smallest absolute Gasteiger partial charge is 0.264 e. The molecule has 9 heteroatoms. The number of halogens is 1. The van der Waals surface area contributed by atoms with Gasteiger partial charge in [0.1, 0.15) is 30.5 Å². The number of para-hydroxylation sites is 1. The van der Waals surface area contributed by atoms with Gasteiger partial charge in [-0.05, 0) is 66.2 Å². The van der Waals surface area contributed by atoms with Crippen molar-refractivity contribution in [1.82, 2.24) is 0 Å². The Morgan fingerprint density at radius 3 is 2.11 bits per heavy atom. The number of methoxy groups -OCH3 is 1. The van der Waals surface area contributed by atoms with E-state index in [1.165, 1.54) is 49.6 Å². The van der Waals surface area contributed by atoms with Crippen LogP contribution in [-0.4, -0.2) is 28.0 Å². The standard InChI is InChI=1S/C28H25FN2O5S/c1-35-23-15-17-25(18-16-23)37(33,34)31(27-10-6-5-9-26(27)29)19-28(32)30-22-11-13-24(14-12-22)36-20-21-7-3-2-4-8-21/h2-18H,19-20H2,1H3,(H,30,32). The first-order valence-corrected chi connectivity index (χ1v) is 12.8. The second kappa shape index (κ2) is 11.6. The second-order valence-electron chi connectivity index (χ2n) is 7.99. The molecular weight excluding hydrogens is 495 g/mol. The van der Waals surface area contributed by atoms with Gasteiger partial charge in [-0.15, -0.1) is 0 Å². The van der Waals surface area contributed by atoms with E-state index < -0.39 is 28.3 Å². The van der Waals surface area contributed by atoms with Gasteiger partial charge in [-0.2, -0.15) is 0 Å². The summed E-state index contributed by atoms with van der Waals surface area (Å²) >= 11 is 0. The minimum Gasteiger partial charge on any atom is -0.497 e. The Hall–Kier alpha value is -4.37. The third-order valence-corrected chi connectivity index (χ3v) is 7.22. The zero-order chi connectivity index (χ0) is 26.3. The molecule has 0 radical (unpaired) electrons. The number of carbonyl (C=O) groups is 1. The van der Waals surface area contributed by atoms with E-state index in [-0.39, 0.29) is 10.6 Å². The van der Waals surface area contributed by atoms with Crippen LogP contribution in [-0.2, 0) is 21.4 Å². The van der Waals surface area contributed by atoms with Crippen LogP contribution in [0.4, 0.5) is 15.8 Å². The van der Waals surface area contributed by atoms with Crippen molar-refractivity contribution in [2.45, 2.75) is 11.5 Å². The van der Waals surface area contributed by atoms with Crippen molar-refractivity contribution in [2.75, 3.05) is 23.3 Å². The van der Waals surface area contributed by atoms with Crippen LogP contribution in [0.25, 0.3) is 0 Å². The van der Waals surface area contributed by atoms with Gasteiger partial charge in [-0.3, -0.25) is 9.10 Å². The number of sulfonamides is 1. The van der Waals surface area contributed by atoms with Gasteiger partial charge in [0.25, 0.3) is 10.0 Å². The molecule has 7 nitrogen and oxygen atoms in total. The number of hydrogen-bond acceptors (Lipinski definition) is 5. The maximum atomic E-state index is 14.6. The molecule has 0 fully saturated rings. The topological polar surface area (TPSA) is 84.9 Å². The molecule has 0 heterocycles. The monoisotopic (exact) mass is 520 g/mol. The average Bonchev–Trinajstić information content (AvgIpc) is 2.92. The Morgan fingerprint density at radius 1 is 0.838 bits per heavy atom. The largest absolute Gasteiger partial charge is 0.497 e. The van der Waals surface area contributed by atoms with Gasteiger partial charge in [-0.25, -0.2) is 12.8 Å². The van der Waals surface area contributed by atoms with Crippen molar-refractivity contribution >= 4 is 27.3 Å². The van der Waals surface area contributed by atoms with Gasteiger partial charge in [0.15, 0.2) is 0 Å². The highest BCUT2D eigenvalue weighted by Crippen LogP contribution is 2.27. The van der Waals surface area contributed by atoms with Crippen LogP contribution in [0.1, 0.15) is 5.56 Å². The molecule has 0 aliphatic heterocycles. The Morgan fingerprint density at radius 2 is 1.46 bits per heavy atom. The SMILES string of the molecule is COc1ccc(S(=O)(=O)N(CC(=O)Nc2ccc(OCc3ccccc3)cc2)c2ccccc2F)cc1. The number of carbonyl (C=O) groups excluding carboxylic acids is 1. The summed E-state index contributed by atoms with van der Waals surface area (Å²) in [5, 5.41) is 2.66. The highest BCUT2D eigenvalue weighted by Gasteiger charge is 2.29. The highest BCUT2D eigenvalue weighted by atomic mass is 32.2. The molecule has 0 atom stereocenters. The lowest BCUT2D eigenvalue weighted by atomic mass is 10.2. The molecule has 0 spiro atoms. The van der Waals surface area contributed by atoms with E-state index in [0.29, 0.717) is 23.8 Å². The zero-order valence-corrected chi connectivity index (χ0v) is 20.8. The van der Waals surface area contributed by atoms with Gasteiger partial charge in [0.2, 0.25) is 5.91 Å². The van der Waals surface area contributed by atoms with Crippen LogP contribution in [0.15, 0.2) is 108 Å². The number of benzene rings is 4. The lowest BCUT2D eigenvalue weighted by Crippen LogP contribution is -2.38. The van der Waals surface area contributed by atoms with Crippen molar-refractivity contribution in [3.63, 3.8) is 0 Å². The number of amides is 1. The lowest BCUT2D eigenvalue weighted by molar-refractivity contribution is -0.114. The van der Waals surface area contributed by atoms with Crippen molar-refractivity contribution in [3.8, 4) is 11.5 Å². The fraction of sp³-hybridized carbons (Fsp3) is 0.107. The maximum Gasteiger partial charge on any atom is 0.264 e. The molecule has 4 aromatic carbocycles. The molecule has 190 valence electrons. The van der Waals surface area contributed by atoms with E-state index in [2.05, 4.69) is 5.32 Å². The van der Waals surface area contributed by atoms with Crippen LogP contribution in [0.2, 0.25) is 0 Å². The van der Waals surface area contributed by atoms with Gasteiger partial charge in [0, 0.05) is 5.69 Å². The molecule has 4 aromatic rings. The van der Waals surface area contributed by atoms with Crippen LogP contribution in [0, 0.1) is 5.82 Å². The summed E-state index contributed by atoms with van der Waals surface area (Å²) in [5.41, 5.74) is 1.22. The third kappa shape index (κ3) is 6.45. The molecule has 1 amide bonds. The summed E-state index contributed by atoms with van der Waals surface area (Å²) in [6, 6.07) is 27.4. The molecule has 0 bridgehead atoms. The van der Waals surface area contributed by atoms with E-state index in [0.717, 1.165) is 15.9 Å². The number of rotatable bonds is 10. The van der Waals surface area contributed by atoms with Crippen LogP contribution >= 0.6 is 0 Å². The number of nitrogens with zero attached hydrogens (tertiary/aromatic N) is 1. The first-order valence-electron chi connectivity index (χ1n) is 11.3. The van der Waals surface area contributed by atoms with Crippen LogP contribution in [0.3, 0.4) is 0 Å². The molecule has 0 saturated carbocycles. The fourth-order valence-corrected chi connectivity index (χ4v) is 4.96. The van der Waals surface area contributed by atoms with Gasteiger partial charge in [-0.1, -0.05) is 42.5 Å². The Bertz CT molecular complexity index is 1440. The van der Waals surface area contributed by atoms with E-state index in [9.17, 15) is 17.6 Å². The predicted octanol–water partition coefficient (Wildman–Crippen LogP) is 5.25. The van der Waals surface area contributed by atoms with Gasteiger partial charge >= 0.3 is 0 Å². The second-order valence-corrected chi connectivity index (χ2v) is 9.85. The minimum absolute atomic E-state index is 0.107. The van der Waals surface area contributed by atoms with E-state index in [1.54, 1.807) is 24.3 Å². The lowest BCUT2D eigenvalue weighted by Gasteiger charge is -2.24. The molecule has 0 saturated heterocycles. The quantitative estimate of drug-likeness (QED) is 0.309. The molecular formula is C28H25FN2O5S. The number of anilines is 2. The highest BCUT2D eigenvalue weighted by molar-refractivity contribution is 7.92. The van der Waals surface area contributed by atoms with Gasteiger partial charge < -0.3 is 14.8 Å². The van der Waals surface area contributed by atoms with Crippen LogP contribution < -0.4 is 19.1 Å². The summed E-state index contributed by atoms with van der Waals surface area (Å²) in [5.74, 6) is -0.340. The van der Waals surface area contributed by atoms with Crippen molar-refractivity contribution in [3.05, 3.63) is 115 Å². The molecule has 0 aromatic heterocycles. The zero-order valence-electron chi connectivity index (χ0n) is 20.0. The number of ether oxygens (including phenoxy) is 2. The van der Waals surface area contributed by atoms with Crippen molar-refractivity contribution < 1.29 is 27.1 Å². The van der Waals surface area contributed by atoms with E-state index >= 15 is 0 Å². The third-order valence-electron chi connectivity index (χ3n) is 5.44. The summed E-state index contributed by atoms with van der Waals surface area (Å²) < 4.78 is 53.1. The minimum atomic E-state index is -4.27. The normalized spacial score (nSPS) is 11.0. The number of nitrogens with one attached hydrogen (secondary N) is 1. The molecule has 37 heavy (non-hydrogen) atoms. The summed E-state index contributed by atoms with van der Waals surface area (Å²) in [7, 11) is -2.81. The number of hydrogen-bond donors (Lipinski definition) is 1. The first-order chi connectivity index (χ1) is 17.9. The van der Waals surface area contributed by atoms with Crippen molar-refractivity contribution in [1.29, 1.82) is 0 Å². The summed E-state index contributed by atoms with van der Waals surface area (Å²) in [6.45, 7) is -0.241. The molecule has 0 aliphatic carbocycles. The van der Waals surface area contributed by atoms with Gasteiger partial charge in [0.05, 0.1) is 17.7 Å². The summed E-state index contributed by atoms with van der Waals surface area (Å²) in [6.07, 6.45) is 0. The van der Waals surface area contributed by atoms with E-state index in [1.807, 2.05) is 30.3 Å². The first kappa shape index (κ1) is 25.7. The molecule has 1 N–H and O–H groups in total. The molecule has 4 rings (SSSR count). The Balaban J connectivity index is 1.49. The predicted molar refractivity (Wildman–Crippen MR) is 140 cm³/mol. The molecule has 0 unspecified atom stereocenters.